The van der Waals surface area contributed by atoms with Crippen molar-refractivity contribution in [2.75, 3.05) is 12.4 Å². The van der Waals surface area contributed by atoms with Gasteiger partial charge in [-0.05, 0) is 79.2 Å². The van der Waals surface area contributed by atoms with E-state index in [4.69, 9.17) is 4.74 Å². The Morgan fingerprint density at radius 3 is 2.46 bits per heavy atom. The lowest BCUT2D eigenvalue weighted by Crippen LogP contribution is -2.17. The van der Waals surface area contributed by atoms with E-state index in [0.29, 0.717) is 17.7 Å². The first-order valence-corrected chi connectivity index (χ1v) is 8.53. The Labute approximate surface area is 152 Å². The molecule has 3 aromatic rings. The molecule has 0 saturated carbocycles. The Balaban J connectivity index is 1.70. The van der Waals surface area contributed by atoms with Crippen LogP contribution < -0.4 is 15.6 Å². The van der Waals surface area contributed by atoms with Gasteiger partial charge in [0.1, 0.15) is 5.75 Å². The van der Waals surface area contributed by atoms with Crippen LogP contribution in [0.5, 0.6) is 5.75 Å². The number of benzene rings is 2. The van der Waals surface area contributed by atoms with Gasteiger partial charge in [-0.3, -0.25) is 9.59 Å². The van der Waals surface area contributed by atoms with Crippen molar-refractivity contribution in [1.82, 2.24) is 4.98 Å². The topological polar surface area (TPSA) is 71.2 Å². The van der Waals surface area contributed by atoms with Gasteiger partial charge in [-0.2, -0.15) is 0 Å². The van der Waals surface area contributed by atoms with Crippen LogP contribution >= 0.6 is 0 Å². The number of methoxy groups -OCH3 is 1. The standard InChI is InChI=1S/C21H22N2O3/c1-13-10-16-12-15(21(25)23-19(16)11-14(13)2)4-9-20(24)22-17-5-7-18(26-3)8-6-17/h5-8,10-12H,4,9H2,1-3H3,(H,22,24)(H,23,25). The molecule has 5 heteroatoms. The van der Waals surface area contributed by atoms with Gasteiger partial charge >= 0.3 is 0 Å². The van der Waals surface area contributed by atoms with Gasteiger partial charge < -0.3 is 15.0 Å². The van der Waals surface area contributed by atoms with Crippen molar-refractivity contribution in [1.29, 1.82) is 0 Å². The largest absolute Gasteiger partial charge is 0.497 e. The SMILES string of the molecule is COc1ccc(NC(=O)CCc2cc3cc(C)c(C)cc3[nH]c2=O)cc1. The zero-order valence-corrected chi connectivity index (χ0v) is 15.2. The molecule has 0 fully saturated rings. The van der Waals surface area contributed by atoms with Gasteiger partial charge in [-0.1, -0.05) is 0 Å². The number of amides is 1. The minimum absolute atomic E-state index is 0.130. The van der Waals surface area contributed by atoms with Crippen LogP contribution in [-0.4, -0.2) is 18.0 Å². The third kappa shape index (κ3) is 3.94. The van der Waals surface area contributed by atoms with Gasteiger partial charge in [0.25, 0.3) is 5.56 Å². The van der Waals surface area contributed by atoms with E-state index in [9.17, 15) is 9.59 Å². The van der Waals surface area contributed by atoms with Crippen LogP contribution in [0.15, 0.2) is 47.3 Å². The number of aryl methyl sites for hydroxylation is 3. The molecule has 1 aromatic heterocycles. The van der Waals surface area contributed by atoms with Crippen molar-refractivity contribution in [3.8, 4) is 5.75 Å². The Morgan fingerprint density at radius 2 is 1.77 bits per heavy atom. The quantitative estimate of drug-likeness (QED) is 0.737. The molecule has 0 aliphatic carbocycles. The lowest BCUT2D eigenvalue weighted by molar-refractivity contribution is -0.116. The van der Waals surface area contributed by atoms with E-state index in [1.54, 1.807) is 31.4 Å². The second-order valence-electron chi connectivity index (χ2n) is 6.42. The fraction of sp³-hybridized carbons (Fsp3) is 0.238. The highest BCUT2D eigenvalue weighted by molar-refractivity contribution is 5.91. The molecule has 0 aliphatic rings. The lowest BCUT2D eigenvalue weighted by atomic mass is 10.0. The molecule has 0 bridgehead atoms. The van der Waals surface area contributed by atoms with Gasteiger partial charge in [0.2, 0.25) is 5.91 Å². The summed E-state index contributed by atoms with van der Waals surface area (Å²) >= 11 is 0. The molecule has 2 N–H and O–H groups in total. The van der Waals surface area contributed by atoms with Crippen molar-refractivity contribution in [3.63, 3.8) is 0 Å². The molecule has 3 rings (SSSR count). The van der Waals surface area contributed by atoms with Crippen molar-refractivity contribution in [2.24, 2.45) is 0 Å². The maximum absolute atomic E-state index is 12.3. The van der Waals surface area contributed by atoms with Crippen molar-refractivity contribution in [2.45, 2.75) is 26.7 Å². The number of nitrogens with one attached hydrogen (secondary N) is 2. The molecular formula is C21H22N2O3. The lowest BCUT2D eigenvalue weighted by Gasteiger charge is -2.08. The Bertz CT molecular complexity index is 1000. The average Bonchev–Trinajstić information content (AvgIpc) is 2.62. The molecule has 0 atom stereocenters. The molecule has 0 saturated heterocycles. The third-order valence-corrected chi connectivity index (χ3v) is 4.53. The van der Waals surface area contributed by atoms with E-state index in [1.807, 2.05) is 26.0 Å². The van der Waals surface area contributed by atoms with Gasteiger partial charge in [-0.15, -0.1) is 0 Å². The predicted molar refractivity (Wildman–Crippen MR) is 104 cm³/mol. The van der Waals surface area contributed by atoms with Gasteiger partial charge in [0.05, 0.1) is 7.11 Å². The molecule has 1 amide bonds. The summed E-state index contributed by atoms with van der Waals surface area (Å²) in [4.78, 5) is 27.3. The Morgan fingerprint density at radius 1 is 1.08 bits per heavy atom. The number of hydrogen-bond acceptors (Lipinski definition) is 3. The molecule has 2 aromatic carbocycles. The van der Waals surface area contributed by atoms with E-state index >= 15 is 0 Å². The second kappa shape index (κ2) is 7.44. The molecule has 0 spiro atoms. The molecule has 0 radical (unpaired) electrons. The predicted octanol–water partition coefficient (Wildman–Crippen LogP) is 3.72. The van der Waals surface area contributed by atoms with Crippen LogP contribution in [0, 0.1) is 13.8 Å². The summed E-state index contributed by atoms with van der Waals surface area (Å²) in [6.45, 7) is 4.06. The van der Waals surface area contributed by atoms with Crippen molar-refractivity contribution < 1.29 is 9.53 Å². The number of carbonyl (C=O) groups excluding carboxylic acids is 1. The zero-order chi connectivity index (χ0) is 18.7. The van der Waals surface area contributed by atoms with Crippen LogP contribution in [0.2, 0.25) is 0 Å². The number of carbonyl (C=O) groups is 1. The van der Waals surface area contributed by atoms with Crippen LogP contribution in [0.25, 0.3) is 10.9 Å². The molecule has 5 nitrogen and oxygen atoms in total. The third-order valence-electron chi connectivity index (χ3n) is 4.53. The summed E-state index contributed by atoms with van der Waals surface area (Å²) in [5.74, 6) is 0.603. The van der Waals surface area contributed by atoms with Crippen LogP contribution in [-0.2, 0) is 11.2 Å². The van der Waals surface area contributed by atoms with E-state index in [0.717, 1.165) is 22.2 Å². The van der Waals surface area contributed by atoms with Crippen molar-refractivity contribution >= 4 is 22.5 Å². The van der Waals surface area contributed by atoms with E-state index in [-0.39, 0.29) is 17.9 Å². The maximum atomic E-state index is 12.3. The molecular weight excluding hydrogens is 328 g/mol. The summed E-state index contributed by atoms with van der Waals surface area (Å²) in [5, 5.41) is 3.81. The highest BCUT2D eigenvalue weighted by Gasteiger charge is 2.08. The summed E-state index contributed by atoms with van der Waals surface area (Å²) < 4.78 is 5.09. The molecule has 0 aliphatic heterocycles. The van der Waals surface area contributed by atoms with Crippen LogP contribution in [0.4, 0.5) is 5.69 Å². The second-order valence-corrected chi connectivity index (χ2v) is 6.42. The van der Waals surface area contributed by atoms with Gasteiger partial charge in [0, 0.05) is 23.2 Å². The number of hydrogen-bond donors (Lipinski definition) is 2. The fourth-order valence-electron chi connectivity index (χ4n) is 2.85. The van der Waals surface area contributed by atoms with E-state index in [2.05, 4.69) is 16.4 Å². The van der Waals surface area contributed by atoms with Crippen molar-refractivity contribution in [3.05, 3.63) is 69.5 Å². The first kappa shape index (κ1) is 17.7. The number of aromatic nitrogens is 1. The monoisotopic (exact) mass is 350 g/mol. The zero-order valence-electron chi connectivity index (χ0n) is 15.2. The molecule has 0 unspecified atom stereocenters. The Hall–Kier alpha value is -3.08. The summed E-state index contributed by atoms with van der Waals surface area (Å²) in [5.41, 5.74) is 4.31. The summed E-state index contributed by atoms with van der Waals surface area (Å²) in [6.07, 6.45) is 0.631. The average molecular weight is 350 g/mol. The van der Waals surface area contributed by atoms with Crippen LogP contribution in [0.3, 0.4) is 0 Å². The fourth-order valence-corrected chi connectivity index (χ4v) is 2.85. The smallest absolute Gasteiger partial charge is 0.251 e. The summed E-state index contributed by atoms with van der Waals surface area (Å²) in [7, 11) is 1.59. The number of pyridine rings is 1. The van der Waals surface area contributed by atoms with E-state index in [1.165, 1.54) is 5.56 Å². The van der Waals surface area contributed by atoms with Crippen LogP contribution in [0.1, 0.15) is 23.1 Å². The normalized spacial score (nSPS) is 10.7. The molecule has 26 heavy (non-hydrogen) atoms. The van der Waals surface area contributed by atoms with Gasteiger partial charge in [-0.25, -0.2) is 0 Å². The minimum Gasteiger partial charge on any atom is -0.497 e. The number of H-pyrrole nitrogens is 1. The number of rotatable bonds is 5. The molecule has 134 valence electrons. The van der Waals surface area contributed by atoms with Gasteiger partial charge in [0.15, 0.2) is 0 Å². The first-order chi connectivity index (χ1) is 12.5. The van der Waals surface area contributed by atoms with E-state index < -0.39 is 0 Å². The summed E-state index contributed by atoms with van der Waals surface area (Å²) in [6, 6.07) is 13.0. The number of anilines is 1. The Kier molecular flexibility index (Phi) is 5.07. The number of aromatic amines is 1. The minimum atomic E-state index is -0.141. The number of fused-ring (bicyclic) bond motifs is 1. The maximum Gasteiger partial charge on any atom is 0.251 e. The number of ether oxygens (including phenoxy) is 1. The molecule has 1 heterocycles. The highest BCUT2D eigenvalue weighted by atomic mass is 16.5. The highest BCUT2D eigenvalue weighted by Crippen LogP contribution is 2.18. The first-order valence-electron chi connectivity index (χ1n) is 8.53.